The van der Waals surface area contributed by atoms with Crippen LogP contribution in [0.4, 0.5) is 0 Å². The highest BCUT2D eigenvalue weighted by atomic mass is 16.5. The quantitative estimate of drug-likeness (QED) is 0.824. The summed E-state index contributed by atoms with van der Waals surface area (Å²) in [4.78, 5) is 13.0. The highest BCUT2D eigenvalue weighted by Gasteiger charge is 2.95. The van der Waals surface area contributed by atoms with Gasteiger partial charge in [-0.2, -0.15) is 0 Å². The van der Waals surface area contributed by atoms with Crippen LogP contribution in [0.3, 0.4) is 0 Å². The van der Waals surface area contributed by atoms with Gasteiger partial charge in [-0.1, -0.05) is 19.1 Å². The van der Waals surface area contributed by atoms with E-state index in [1.165, 1.54) is 24.0 Å². The average Bonchev–Trinajstić information content (AvgIpc) is 2.96. The molecule has 3 nitrogen and oxygen atoms in total. The monoisotopic (exact) mass is 348 g/mol. The summed E-state index contributed by atoms with van der Waals surface area (Å²) >= 11 is 0. The molecule has 134 valence electrons. The Hall–Kier alpha value is -1.77. The number of aromatic hydroxyl groups is 1. The summed E-state index contributed by atoms with van der Waals surface area (Å²) in [6.45, 7) is 6.54. The lowest BCUT2D eigenvalue weighted by Gasteiger charge is -2.56. The zero-order valence-corrected chi connectivity index (χ0v) is 15.2. The molecule has 0 saturated heterocycles. The van der Waals surface area contributed by atoms with E-state index in [1.54, 1.807) is 6.07 Å². The van der Waals surface area contributed by atoms with Crippen molar-refractivity contribution in [1.29, 1.82) is 0 Å². The van der Waals surface area contributed by atoms with E-state index in [4.69, 9.17) is 4.74 Å². The van der Waals surface area contributed by atoms with Gasteiger partial charge in [0.25, 0.3) is 0 Å². The molecule has 0 amide bonds. The number of hydrogen-bond acceptors (Lipinski definition) is 3. The molecule has 4 unspecified atom stereocenters. The van der Waals surface area contributed by atoms with E-state index in [9.17, 15) is 9.90 Å². The fraction of sp³-hybridized carbons (Fsp3) is 0.609. The second kappa shape index (κ2) is 3.63. The van der Waals surface area contributed by atoms with Gasteiger partial charge in [-0.15, -0.1) is 6.58 Å². The van der Waals surface area contributed by atoms with Crippen LogP contribution in [-0.2, 0) is 16.6 Å². The molecule has 1 aromatic rings. The van der Waals surface area contributed by atoms with E-state index in [-0.39, 0.29) is 28.5 Å². The van der Waals surface area contributed by atoms with E-state index in [1.807, 2.05) is 0 Å². The molecule has 26 heavy (non-hydrogen) atoms. The van der Waals surface area contributed by atoms with Crippen LogP contribution in [0.2, 0.25) is 0 Å². The second-order valence-corrected chi connectivity index (χ2v) is 10.2. The summed E-state index contributed by atoms with van der Waals surface area (Å²) < 4.78 is 6.32. The molecule has 7 rings (SSSR count). The van der Waals surface area contributed by atoms with Gasteiger partial charge < -0.3 is 9.84 Å². The number of ketones is 1. The van der Waals surface area contributed by atoms with Gasteiger partial charge in [0.1, 0.15) is 0 Å². The normalized spacial score (nSPS) is 53.1. The standard InChI is InChI=1S/C23H24O3/c1-3-7-21-10-14-13-9-12-4-5-15(24)18-17(12)23(14)19(26-18)16(25)6-8-20(23,2)22(13,21)11-21/h3-5,13-14,19,24H,1,6-11H2,2H3/t13?,14?,19-,20-,21?,22?,23-/m0/s1. The zero-order valence-electron chi connectivity index (χ0n) is 15.2. The van der Waals surface area contributed by atoms with Gasteiger partial charge in [0.2, 0.25) is 0 Å². The molecule has 5 aliphatic carbocycles. The third kappa shape index (κ3) is 0.978. The van der Waals surface area contributed by atoms with Gasteiger partial charge in [0.05, 0.1) is 5.41 Å². The van der Waals surface area contributed by atoms with Crippen molar-refractivity contribution in [3.63, 3.8) is 0 Å². The summed E-state index contributed by atoms with van der Waals surface area (Å²) in [5.41, 5.74) is 3.19. The van der Waals surface area contributed by atoms with Gasteiger partial charge >= 0.3 is 0 Å². The molecule has 4 bridgehead atoms. The number of ether oxygens (including phenoxy) is 1. The molecule has 1 heterocycles. The molecular weight excluding hydrogens is 324 g/mol. The number of allylic oxidation sites excluding steroid dienone is 1. The summed E-state index contributed by atoms with van der Waals surface area (Å²) in [7, 11) is 0. The summed E-state index contributed by atoms with van der Waals surface area (Å²) in [5.74, 6) is 2.28. The fourth-order valence-electron chi connectivity index (χ4n) is 9.68. The molecule has 2 spiro atoms. The van der Waals surface area contributed by atoms with Crippen LogP contribution < -0.4 is 4.74 Å². The number of hydrogen-bond donors (Lipinski definition) is 1. The van der Waals surface area contributed by atoms with Gasteiger partial charge in [-0.25, -0.2) is 0 Å². The smallest absolute Gasteiger partial charge is 0.174 e. The van der Waals surface area contributed by atoms with Gasteiger partial charge in [0, 0.05) is 12.0 Å². The van der Waals surface area contributed by atoms with Crippen molar-refractivity contribution >= 4 is 5.78 Å². The highest BCUT2D eigenvalue weighted by molar-refractivity contribution is 5.90. The number of phenolic OH excluding ortho intramolecular Hbond substituents is 1. The number of rotatable bonds is 2. The Kier molecular flexibility index (Phi) is 2.00. The molecule has 6 aliphatic rings. The molecule has 1 N–H and O–H groups in total. The molecule has 0 radical (unpaired) electrons. The SMILES string of the molecule is C=CCC12CC3C4Cc5ccc(O)c6c5[C@]35[C@@H](O6)C(=O)CC[C@@]5(C)C41C2. The molecule has 7 atom stereocenters. The predicted molar refractivity (Wildman–Crippen MR) is 96.1 cm³/mol. The summed E-state index contributed by atoms with van der Waals surface area (Å²) in [6.07, 6.45) is 8.06. The second-order valence-electron chi connectivity index (χ2n) is 10.2. The predicted octanol–water partition coefficient (Wildman–Crippen LogP) is 3.92. The van der Waals surface area contributed by atoms with Crippen LogP contribution in [0.5, 0.6) is 11.5 Å². The first-order chi connectivity index (χ1) is 12.5. The Morgan fingerprint density at radius 3 is 3.04 bits per heavy atom. The van der Waals surface area contributed by atoms with Crippen LogP contribution >= 0.6 is 0 Å². The van der Waals surface area contributed by atoms with Gasteiger partial charge in [-0.05, 0) is 71.8 Å². The number of Topliss-reactive ketones (excluding diaryl/α,β-unsaturated/α-hetero) is 1. The third-order valence-corrected chi connectivity index (χ3v) is 10.1. The first-order valence-electron chi connectivity index (χ1n) is 10.1. The van der Waals surface area contributed by atoms with Crippen molar-refractivity contribution in [1.82, 2.24) is 0 Å². The van der Waals surface area contributed by atoms with Crippen molar-refractivity contribution in [2.75, 3.05) is 0 Å². The maximum absolute atomic E-state index is 13.0. The van der Waals surface area contributed by atoms with E-state index < -0.39 is 0 Å². The molecular formula is C23H24O3. The van der Waals surface area contributed by atoms with E-state index in [2.05, 4.69) is 25.6 Å². The average molecular weight is 348 g/mol. The van der Waals surface area contributed by atoms with Crippen molar-refractivity contribution in [3.05, 3.63) is 35.9 Å². The third-order valence-electron chi connectivity index (χ3n) is 10.1. The van der Waals surface area contributed by atoms with Crippen LogP contribution in [0.15, 0.2) is 24.8 Å². The lowest BCUT2D eigenvalue weighted by molar-refractivity contribution is -0.143. The number of phenols is 1. The molecule has 3 heteroatoms. The largest absolute Gasteiger partial charge is 0.504 e. The summed E-state index contributed by atoms with van der Waals surface area (Å²) in [6, 6.07) is 3.88. The first kappa shape index (κ1) is 14.3. The topological polar surface area (TPSA) is 46.5 Å². The number of carbonyl (C=O) groups excluding carboxylic acids is 1. The summed E-state index contributed by atoms with van der Waals surface area (Å²) in [5, 5.41) is 10.5. The minimum Gasteiger partial charge on any atom is -0.504 e. The van der Waals surface area contributed by atoms with Crippen LogP contribution in [-0.4, -0.2) is 17.0 Å². The molecule has 1 aliphatic heterocycles. The number of carbonyl (C=O) groups is 1. The maximum atomic E-state index is 13.0. The first-order valence-corrected chi connectivity index (χ1v) is 10.1. The minimum absolute atomic E-state index is 0.0967. The fourth-order valence-corrected chi connectivity index (χ4v) is 9.68. The Morgan fingerprint density at radius 1 is 1.38 bits per heavy atom. The molecule has 4 fully saturated rings. The van der Waals surface area contributed by atoms with Crippen LogP contribution in [0, 0.1) is 28.1 Å². The molecule has 4 saturated carbocycles. The Morgan fingerprint density at radius 2 is 2.23 bits per heavy atom. The highest BCUT2D eigenvalue weighted by Crippen LogP contribution is 2.97. The van der Waals surface area contributed by atoms with Crippen molar-refractivity contribution < 1.29 is 14.6 Å². The Labute approximate surface area is 153 Å². The maximum Gasteiger partial charge on any atom is 0.174 e. The van der Waals surface area contributed by atoms with Gasteiger partial charge in [-0.3, -0.25) is 4.79 Å². The Balaban J connectivity index is 1.59. The van der Waals surface area contributed by atoms with Crippen LogP contribution in [0.1, 0.15) is 50.2 Å². The van der Waals surface area contributed by atoms with Crippen molar-refractivity contribution in [2.24, 2.45) is 28.1 Å². The van der Waals surface area contributed by atoms with Crippen molar-refractivity contribution in [3.8, 4) is 11.5 Å². The van der Waals surface area contributed by atoms with Gasteiger partial charge in [0.15, 0.2) is 23.4 Å². The number of benzene rings is 1. The van der Waals surface area contributed by atoms with E-state index in [0.717, 1.165) is 19.3 Å². The minimum atomic E-state index is -0.377. The van der Waals surface area contributed by atoms with E-state index in [0.29, 0.717) is 34.8 Å². The lowest BCUT2D eigenvalue weighted by atomic mass is 9.45. The Bertz CT molecular complexity index is 949. The van der Waals surface area contributed by atoms with Crippen molar-refractivity contribution in [2.45, 2.75) is 57.0 Å². The van der Waals surface area contributed by atoms with E-state index >= 15 is 0 Å². The molecule has 0 aromatic heterocycles. The molecule has 1 aromatic carbocycles. The van der Waals surface area contributed by atoms with Crippen LogP contribution in [0.25, 0.3) is 0 Å². The zero-order chi connectivity index (χ0) is 17.7. The lowest BCUT2D eigenvalue weighted by Crippen LogP contribution is -2.62.